The predicted molar refractivity (Wildman–Crippen MR) is 75.9 cm³/mol. The van der Waals surface area contributed by atoms with Crippen LogP contribution < -0.4 is 0 Å². The maximum absolute atomic E-state index is 11.2. The molecule has 0 amide bonds. The molecular formula is C16H12N2O3. The lowest BCUT2D eigenvalue weighted by molar-refractivity contribution is 0.0697. The van der Waals surface area contributed by atoms with E-state index in [2.05, 4.69) is 10.2 Å². The van der Waals surface area contributed by atoms with E-state index in [9.17, 15) is 9.90 Å². The van der Waals surface area contributed by atoms with Crippen molar-refractivity contribution >= 4 is 5.97 Å². The molecule has 0 aliphatic carbocycles. The molecule has 5 nitrogen and oxygen atoms in total. The molecule has 0 aliphatic rings. The van der Waals surface area contributed by atoms with E-state index < -0.39 is 5.97 Å². The molecule has 0 unspecified atom stereocenters. The smallest absolute Gasteiger partial charge is 0.336 e. The average molecular weight is 280 g/mol. The van der Waals surface area contributed by atoms with E-state index >= 15 is 0 Å². The van der Waals surface area contributed by atoms with Gasteiger partial charge in [-0.3, -0.25) is 0 Å². The van der Waals surface area contributed by atoms with E-state index in [1.807, 2.05) is 30.3 Å². The first kappa shape index (κ1) is 13.1. The van der Waals surface area contributed by atoms with E-state index in [-0.39, 0.29) is 11.5 Å². The van der Waals surface area contributed by atoms with Crippen LogP contribution in [0.1, 0.15) is 21.8 Å². The second-order valence-electron chi connectivity index (χ2n) is 4.51. The van der Waals surface area contributed by atoms with Crippen molar-refractivity contribution < 1.29 is 14.3 Å². The molecule has 5 heteroatoms. The van der Waals surface area contributed by atoms with Gasteiger partial charge in [-0.25, -0.2) is 4.79 Å². The summed E-state index contributed by atoms with van der Waals surface area (Å²) in [5, 5.41) is 17.1. The Morgan fingerprint density at radius 2 is 1.71 bits per heavy atom. The summed E-state index contributed by atoms with van der Waals surface area (Å²) in [6.45, 7) is 0. The molecule has 2 aromatic carbocycles. The second kappa shape index (κ2) is 5.58. The summed E-state index contributed by atoms with van der Waals surface area (Å²) in [4.78, 5) is 11.2. The van der Waals surface area contributed by atoms with Crippen LogP contribution >= 0.6 is 0 Å². The van der Waals surface area contributed by atoms with Crippen molar-refractivity contribution in [2.24, 2.45) is 0 Å². The van der Waals surface area contributed by atoms with Gasteiger partial charge in [0.05, 0.1) is 17.5 Å². The number of carboxylic acids is 1. The van der Waals surface area contributed by atoms with E-state index in [0.717, 1.165) is 5.56 Å². The summed E-state index contributed by atoms with van der Waals surface area (Å²) in [5.74, 6) is -0.344. The van der Waals surface area contributed by atoms with Crippen molar-refractivity contribution in [1.82, 2.24) is 10.2 Å². The first-order chi connectivity index (χ1) is 10.2. The van der Waals surface area contributed by atoms with Crippen LogP contribution in [-0.2, 0) is 6.42 Å². The lowest BCUT2D eigenvalue weighted by Crippen LogP contribution is -1.99. The lowest BCUT2D eigenvalue weighted by Gasteiger charge is -2.00. The first-order valence-corrected chi connectivity index (χ1v) is 6.43. The van der Waals surface area contributed by atoms with Crippen molar-refractivity contribution in [2.45, 2.75) is 6.42 Å². The number of carboxylic acid groups (broad SMARTS) is 1. The summed E-state index contributed by atoms with van der Waals surface area (Å²) >= 11 is 0. The molecular weight excluding hydrogens is 268 g/mol. The quantitative estimate of drug-likeness (QED) is 0.795. The van der Waals surface area contributed by atoms with Crippen molar-refractivity contribution in [3.05, 3.63) is 71.6 Å². The van der Waals surface area contributed by atoms with Gasteiger partial charge in [0.2, 0.25) is 11.8 Å². The van der Waals surface area contributed by atoms with Crippen molar-refractivity contribution in [3.8, 4) is 11.5 Å². The highest BCUT2D eigenvalue weighted by Crippen LogP contribution is 2.23. The van der Waals surface area contributed by atoms with Gasteiger partial charge in [-0.05, 0) is 17.7 Å². The second-order valence-corrected chi connectivity index (χ2v) is 4.51. The Morgan fingerprint density at radius 1 is 1.00 bits per heavy atom. The molecule has 0 aliphatic heterocycles. The Bertz CT molecular complexity index is 766. The summed E-state index contributed by atoms with van der Waals surface area (Å²) < 4.78 is 5.58. The SMILES string of the molecule is O=C(O)c1ccccc1-c1nnc(Cc2ccccc2)o1. The van der Waals surface area contributed by atoms with E-state index in [1.54, 1.807) is 18.2 Å². The van der Waals surface area contributed by atoms with Gasteiger partial charge in [-0.15, -0.1) is 10.2 Å². The number of carbonyl (C=O) groups is 1. The number of nitrogens with zero attached hydrogens (tertiary/aromatic N) is 2. The fourth-order valence-electron chi connectivity index (χ4n) is 2.06. The fourth-order valence-corrected chi connectivity index (χ4v) is 2.06. The van der Waals surface area contributed by atoms with Gasteiger partial charge in [-0.1, -0.05) is 42.5 Å². The largest absolute Gasteiger partial charge is 0.478 e. The molecule has 21 heavy (non-hydrogen) atoms. The number of aromatic carboxylic acids is 1. The minimum Gasteiger partial charge on any atom is -0.478 e. The summed E-state index contributed by atoms with van der Waals surface area (Å²) in [6, 6.07) is 16.3. The van der Waals surface area contributed by atoms with Gasteiger partial charge in [0, 0.05) is 0 Å². The van der Waals surface area contributed by atoms with Gasteiger partial charge in [-0.2, -0.15) is 0 Å². The minimum atomic E-state index is -1.02. The third-order valence-corrected chi connectivity index (χ3v) is 3.05. The summed E-state index contributed by atoms with van der Waals surface area (Å²) in [5.41, 5.74) is 1.63. The third kappa shape index (κ3) is 2.81. The molecule has 104 valence electrons. The topological polar surface area (TPSA) is 76.2 Å². The summed E-state index contributed by atoms with van der Waals surface area (Å²) in [6.07, 6.45) is 0.517. The van der Waals surface area contributed by atoms with E-state index in [1.165, 1.54) is 6.07 Å². The number of aromatic nitrogens is 2. The van der Waals surface area contributed by atoms with Crippen LogP contribution in [0.4, 0.5) is 0 Å². The molecule has 0 atom stereocenters. The highest BCUT2D eigenvalue weighted by Gasteiger charge is 2.16. The van der Waals surface area contributed by atoms with Crippen LogP contribution in [0.5, 0.6) is 0 Å². The molecule has 3 rings (SSSR count). The maximum Gasteiger partial charge on any atom is 0.336 e. The Kier molecular flexibility index (Phi) is 3.47. The number of benzene rings is 2. The molecule has 0 fully saturated rings. The van der Waals surface area contributed by atoms with Gasteiger partial charge < -0.3 is 9.52 Å². The van der Waals surface area contributed by atoms with Gasteiger partial charge in [0.25, 0.3) is 0 Å². The Hall–Kier alpha value is -2.95. The van der Waals surface area contributed by atoms with Gasteiger partial charge in [0.15, 0.2) is 0 Å². The Labute approximate surface area is 120 Å². The summed E-state index contributed by atoms with van der Waals surface area (Å²) in [7, 11) is 0. The van der Waals surface area contributed by atoms with Crippen LogP contribution in [-0.4, -0.2) is 21.3 Å². The third-order valence-electron chi connectivity index (χ3n) is 3.05. The normalized spacial score (nSPS) is 10.5. The van der Waals surface area contributed by atoms with Crippen molar-refractivity contribution in [2.75, 3.05) is 0 Å². The number of rotatable bonds is 4. The molecule has 0 saturated heterocycles. The van der Waals surface area contributed by atoms with Crippen molar-refractivity contribution in [3.63, 3.8) is 0 Å². The minimum absolute atomic E-state index is 0.146. The molecule has 1 N–H and O–H groups in total. The zero-order chi connectivity index (χ0) is 14.7. The van der Waals surface area contributed by atoms with Crippen LogP contribution in [0.25, 0.3) is 11.5 Å². The average Bonchev–Trinajstić information content (AvgIpc) is 2.96. The zero-order valence-corrected chi connectivity index (χ0v) is 11.1. The molecule has 0 bridgehead atoms. The number of hydrogen-bond acceptors (Lipinski definition) is 4. The monoisotopic (exact) mass is 280 g/mol. The van der Waals surface area contributed by atoms with Crippen LogP contribution in [0.3, 0.4) is 0 Å². The standard InChI is InChI=1S/C16H12N2O3/c19-16(20)13-9-5-4-8-12(13)15-18-17-14(21-15)10-11-6-2-1-3-7-11/h1-9H,10H2,(H,19,20). The van der Waals surface area contributed by atoms with Crippen molar-refractivity contribution in [1.29, 1.82) is 0 Å². The van der Waals surface area contributed by atoms with Gasteiger partial charge in [0.1, 0.15) is 0 Å². The molecule has 0 spiro atoms. The van der Waals surface area contributed by atoms with Gasteiger partial charge >= 0.3 is 5.97 Å². The molecule has 0 saturated carbocycles. The highest BCUT2D eigenvalue weighted by molar-refractivity contribution is 5.94. The van der Waals surface area contributed by atoms with Crippen LogP contribution in [0.2, 0.25) is 0 Å². The Balaban J connectivity index is 1.90. The lowest BCUT2D eigenvalue weighted by atomic mass is 10.1. The highest BCUT2D eigenvalue weighted by atomic mass is 16.4. The van der Waals surface area contributed by atoms with E-state index in [4.69, 9.17) is 4.42 Å². The first-order valence-electron chi connectivity index (χ1n) is 6.43. The fraction of sp³-hybridized carbons (Fsp3) is 0.0625. The van der Waals surface area contributed by atoms with Crippen LogP contribution in [0.15, 0.2) is 59.0 Å². The molecule has 3 aromatic rings. The number of hydrogen-bond donors (Lipinski definition) is 1. The van der Waals surface area contributed by atoms with E-state index in [0.29, 0.717) is 17.9 Å². The molecule has 0 radical (unpaired) electrons. The molecule has 1 aromatic heterocycles. The Morgan fingerprint density at radius 3 is 2.48 bits per heavy atom. The maximum atomic E-state index is 11.2. The predicted octanol–water partition coefficient (Wildman–Crippen LogP) is 3.03. The molecule has 1 heterocycles. The zero-order valence-electron chi connectivity index (χ0n) is 11.1. The van der Waals surface area contributed by atoms with Crippen LogP contribution in [0, 0.1) is 0 Å².